The van der Waals surface area contributed by atoms with Crippen LogP contribution in [0.2, 0.25) is 0 Å². The van der Waals surface area contributed by atoms with E-state index in [0.29, 0.717) is 0 Å². The second-order valence-electron chi connectivity index (χ2n) is 4.83. The van der Waals surface area contributed by atoms with Crippen molar-refractivity contribution in [2.45, 2.75) is 30.8 Å². The third kappa shape index (κ3) is 3.74. The Labute approximate surface area is 117 Å². The number of aliphatic hydroxyl groups is 3. The predicted octanol–water partition coefficient (Wildman–Crippen LogP) is 0.141. The summed E-state index contributed by atoms with van der Waals surface area (Å²) in [5.74, 6) is -0.207. The lowest BCUT2D eigenvalue weighted by atomic mass is 9.96. The fraction of sp³-hybridized carbons (Fsp3) is 0.400. The zero-order chi connectivity index (χ0) is 14.5. The molecule has 3 N–H and O–H groups in total. The van der Waals surface area contributed by atoms with Gasteiger partial charge in [0.05, 0.1) is 12.7 Å². The van der Waals surface area contributed by atoms with E-state index >= 15 is 0 Å². The molecule has 0 saturated carbocycles. The smallest absolute Gasteiger partial charge is 0.158 e. The number of benzene rings is 1. The van der Waals surface area contributed by atoms with Crippen LogP contribution < -0.4 is 0 Å². The van der Waals surface area contributed by atoms with Gasteiger partial charge in [-0.15, -0.1) is 0 Å². The minimum absolute atomic E-state index is 0.0335. The van der Waals surface area contributed by atoms with Crippen molar-refractivity contribution < 1.29 is 24.9 Å². The molecule has 4 atom stereocenters. The van der Waals surface area contributed by atoms with Crippen molar-refractivity contribution in [1.29, 1.82) is 0 Å². The van der Waals surface area contributed by atoms with Gasteiger partial charge in [0.15, 0.2) is 5.78 Å². The number of allylic oxidation sites excluding steroid dienone is 1. The lowest BCUT2D eigenvalue weighted by Gasteiger charge is -2.34. The lowest BCUT2D eigenvalue weighted by Crippen LogP contribution is -2.53. The molecule has 1 unspecified atom stereocenters. The van der Waals surface area contributed by atoms with Gasteiger partial charge in [0.25, 0.3) is 0 Å². The Morgan fingerprint density at radius 1 is 1.20 bits per heavy atom. The van der Waals surface area contributed by atoms with Crippen LogP contribution in [-0.2, 0) is 9.53 Å². The molecule has 0 bridgehead atoms. The first-order valence-electron chi connectivity index (χ1n) is 6.49. The van der Waals surface area contributed by atoms with Crippen LogP contribution in [0.1, 0.15) is 12.0 Å². The van der Waals surface area contributed by atoms with Gasteiger partial charge in [-0.3, -0.25) is 4.79 Å². The molecule has 0 amide bonds. The summed E-state index contributed by atoms with van der Waals surface area (Å²) in [5, 5.41) is 28.6. The van der Waals surface area contributed by atoms with Gasteiger partial charge >= 0.3 is 0 Å². The summed E-state index contributed by atoms with van der Waals surface area (Å²) < 4.78 is 5.18. The molecule has 1 saturated heterocycles. The van der Waals surface area contributed by atoms with Crippen LogP contribution in [0.5, 0.6) is 0 Å². The van der Waals surface area contributed by atoms with E-state index in [1.54, 1.807) is 6.08 Å². The van der Waals surface area contributed by atoms with Crippen LogP contribution in [0.4, 0.5) is 0 Å². The highest BCUT2D eigenvalue weighted by molar-refractivity contribution is 5.93. The van der Waals surface area contributed by atoms with E-state index in [4.69, 9.17) is 4.74 Å². The Morgan fingerprint density at radius 3 is 2.60 bits per heavy atom. The fourth-order valence-corrected chi connectivity index (χ4v) is 2.07. The molecular formula is C15H18O5. The number of ketones is 1. The van der Waals surface area contributed by atoms with Gasteiger partial charge in [0.2, 0.25) is 0 Å². The van der Waals surface area contributed by atoms with Crippen molar-refractivity contribution in [3.8, 4) is 0 Å². The molecule has 0 aliphatic carbocycles. The summed E-state index contributed by atoms with van der Waals surface area (Å²) in [5.41, 5.74) is 0.904. The highest BCUT2D eigenvalue weighted by Crippen LogP contribution is 2.18. The topological polar surface area (TPSA) is 87.0 Å². The van der Waals surface area contributed by atoms with Crippen LogP contribution >= 0.6 is 0 Å². The normalized spacial score (nSPS) is 30.6. The largest absolute Gasteiger partial charge is 0.388 e. The summed E-state index contributed by atoms with van der Waals surface area (Å²) in [6.45, 7) is -0.0847. The predicted molar refractivity (Wildman–Crippen MR) is 72.9 cm³/mol. The third-order valence-corrected chi connectivity index (χ3v) is 3.27. The standard InChI is InChI=1S/C15H18O5/c16-11(7-6-10-4-2-1-3-5-10)8-13-15(19)14(18)12(17)9-20-13/h1-7,12-15,17-19H,8-9H2/t12-,13?,14+,15+/m1/s1. The Bertz CT molecular complexity index is 470. The molecule has 2 rings (SSSR count). The van der Waals surface area contributed by atoms with Gasteiger partial charge in [0.1, 0.15) is 18.3 Å². The highest BCUT2D eigenvalue weighted by Gasteiger charge is 2.37. The average Bonchev–Trinajstić information content (AvgIpc) is 2.47. The van der Waals surface area contributed by atoms with Gasteiger partial charge in [-0.25, -0.2) is 0 Å². The fourth-order valence-electron chi connectivity index (χ4n) is 2.07. The van der Waals surface area contributed by atoms with Gasteiger partial charge in [-0.2, -0.15) is 0 Å². The van der Waals surface area contributed by atoms with Crippen molar-refractivity contribution in [3.63, 3.8) is 0 Å². The number of hydrogen-bond acceptors (Lipinski definition) is 5. The first-order valence-corrected chi connectivity index (χ1v) is 6.49. The number of aliphatic hydroxyl groups excluding tert-OH is 3. The Hall–Kier alpha value is -1.53. The van der Waals surface area contributed by atoms with Crippen molar-refractivity contribution in [2.24, 2.45) is 0 Å². The summed E-state index contributed by atoms with van der Waals surface area (Å²) >= 11 is 0. The maximum atomic E-state index is 11.8. The summed E-state index contributed by atoms with van der Waals surface area (Å²) in [4.78, 5) is 11.8. The number of carbonyl (C=O) groups excluding carboxylic acids is 1. The molecule has 20 heavy (non-hydrogen) atoms. The van der Waals surface area contributed by atoms with E-state index in [1.807, 2.05) is 30.3 Å². The molecule has 0 radical (unpaired) electrons. The summed E-state index contributed by atoms with van der Waals surface area (Å²) in [6, 6.07) is 9.37. The minimum Gasteiger partial charge on any atom is -0.388 e. The van der Waals surface area contributed by atoms with Crippen LogP contribution in [0.3, 0.4) is 0 Å². The zero-order valence-corrected chi connectivity index (χ0v) is 10.9. The average molecular weight is 278 g/mol. The second-order valence-corrected chi connectivity index (χ2v) is 4.83. The lowest BCUT2D eigenvalue weighted by molar-refractivity contribution is -0.188. The van der Waals surface area contributed by atoms with Gasteiger partial charge in [-0.05, 0) is 11.6 Å². The quantitative estimate of drug-likeness (QED) is 0.682. The first kappa shape index (κ1) is 14.9. The highest BCUT2D eigenvalue weighted by atomic mass is 16.5. The monoisotopic (exact) mass is 278 g/mol. The molecule has 5 nitrogen and oxygen atoms in total. The molecule has 1 fully saturated rings. The number of carbonyl (C=O) groups is 1. The molecule has 1 heterocycles. The van der Waals surface area contributed by atoms with E-state index in [0.717, 1.165) is 5.56 Å². The Balaban J connectivity index is 1.90. The van der Waals surface area contributed by atoms with Crippen molar-refractivity contribution >= 4 is 11.9 Å². The van der Waals surface area contributed by atoms with Gasteiger partial charge in [0, 0.05) is 6.42 Å². The molecule has 5 heteroatoms. The Morgan fingerprint density at radius 2 is 1.90 bits per heavy atom. The molecule has 0 aromatic heterocycles. The number of ether oxygens (including phenoxy) is 1. The number of rotatable bonds is 4. The van der Waals surface area contributed by atoms with Crippen molar-refractivity contribution in [3.05, 3.63) is 42.0 Å². The van der Waals surface area contributed by atoms with Crippen LogP contribution in [0.15, 0.2) is 36.4 Å². The molecule has 1 aromatic rings. The van der Waals surface area contributed by atoms with Crippen molar-refractivity contribution in [2.75, 3.05) is 6.61 Å². The molecule has 1 aromatic carbocycles. The summed E-state index contributed by atoms with van der Waals surface area (Å²) in [7, 11) is 0. The van der Waals surface area contributed by atoms with E-state index in [9.17, 15) is 20.1 Å². The SMILES string of the molecule is O=C(C=Cc1ccccc1)CC1OC[C@@H](O)[C@H](O)[C@H]1O. The minimum atomic E-state index is -1.28. The van der Waals surface area contributed by atoms with Crippen LogP contribution in [0, 0.1) is 0 Å². The van der Waals surface area contributed by atoms with Crippen LogP contribution in [-0.4, -0.2) is 52.1 Å². The molecule has 1 aliphatic heterocycles. The zero-order valence-electron chi connectivity index (χ0n) is 10.9. The number of hydrogen-bond donors (Lipinski definition) is 3. The van der Waals surface area contributed by atoms with E-state index < -0.39 is 24.4 Å². The van der Waals surface area contributed by atoms with E-state index in [1.165, 1.54) is 6.08 Å². The molecule has 1 aliphatic rings. The Kier molecular flexibility index (Phi) is 5.03. The maximum Gasteiger partial charge on any atom is 0.158 e. The van der Waals surface area contributed by atoms with Gasteiger partial charge in [-0.1, -0.05) is 36.4 Å². The van der Waals surface area contributed by atoms with E-state index in [2.05, 4.69) is 0 Å². The van der Waals surface area contributed by atoms with E-state index in [-0.39, 0.29) is 18.8 Å². The second kappa shape index (κ2) is 6.76. The molecule has 0 spiro atoms. The third-order valence-electron chi connectivity index (χ3n) is 3.27. The van der Waals surface area contributed by atoms with Crippen molar-refractivity contribution in [1.82, 2.24) is 0 Å². The maximum absolute atomic E-state index is 11.8. The first-order chi connectivity index (χ1) is 9.58. The summed E-state index contributed by atoms with van der Waals surface area (Å²) in [6.07, 6.45) is -1.37. The van der Waals surface area contributed by atoms with Crippen LogP contribution in [0.25, 0.3) is 6.08 Å². The molecular weight excluding hydrogens is 260 g/mol. The molecule has 108 valence electrons. The van der Waals surface area contributed by atoms with Gasteiger partial charge < -0.3 is 20.1 Å².